The molecule has 158 valence electrons. The minimum absolute atomic E-state index is 0.0592. The predicted octanol–water partition coefficient (Wildman–Crippen LogP) is 1.10. The van der Waals surface area contributed by atoms with Crippen molar-refractivity contribution < 1.29 is 13.5 Å². The molecule has 0 amide bonds. The van der Waals surface area contributed by atoms with Crippen LogP contribution in [0, 0.1) is 0 Å². The molecule has 0 bridgehead atoms. The number of pyridine rings is 1. The summed E-state index contributed by atoms with van der Waals surface area (Å²) in [6.45, 7) is 2.69. The molecule has 0 aromatic carbocycles. The third-order valence-electron chi connectivity index (χ3n) is 6.11. The number of aliphatic hydroxyl groups is 1. The van der Waals surface area contributed by atoms with E-state index in [0.29, 0.717) is 43.9 Å². The van der Waals surface area contributed by atoms with Crippen molar-refractivity contribution in [2.24, 2.45) is 0 Å². The number of hydrogen-bond acceptors (Lipinski definition) is 7. The minimum atomic E-state index is -3.17. The average molecular weight is 422 g/mol. The largest absolute Gasteiger partial charge is 0.388 e. The van der Waals surface area contributed by atoms with Crippen LogP contribution in [0.5, 0.6) is 0 Å². The van der Waals surface area contributed by atoms with Crippen molar-refractivity contribution in [3.8, 4) is 0 Å². The zero-order valence-corrected chi connectivity index (χ0v) is 17.5. The van der Waals surface area contributed by atoms with Gasteiger partial charge in [-0.1, -0.05) is 0 Å². The number of hydrogen-bond donors (Lipinski definition) is 2. The first-order valence-electron chi connectivity index (χ1n) is 9.97. The molecular weight excluding hydrogens is 394 g/mol. The SMILES string of the molecule is C[C@@]1(O)CCCC1n1c(=O)ccc2cnc(NC3CCN(S(C)(=O)=O)CC3)nc21. The van der Waals surface area contributed by atoms with Gasteiger partial charge in [0.25, 0.3) is 5.56 Å². The third-order valence-corrected chi connectivity index (χ3v) is 7.42. The highest BCUT2D eigenvalue weighted by atomic mass is 32.2. The number of rotatable bonds is 4. The van der Waals surface area contributed by atoms with Crippen molar-refractivity contribution in [1.29, 1.82) is 0 Å². The Labute approximate surface area is 169 Å². The maximum atomic E-state index is 12.6. The molecule has 4 rings (SSSR count). The predicted molar refractivity (Wildman–Crippen MR) is 110 cm³/mol. The Balaban J connectivity index is 1.61. The first-order chi connectivity index (χ1) is 13.6. The lowest BCUT2D eigenvalue weighted by atomic mass is 10.00. The van der Waals surface area contributed by atoms with Crippen LogP contribution in [0.2, 0.25) is 0 Å². The standard InChI is InChI=1S/C19H27N5O4S/c1-19(26)9-3-4-15(19)24-16(25)6-5-13-12-20-18(22-17(13)24)21-14-7-10-23(11-8-14)29(2,27)28/h5-6,12,14-15,26H,3-4,7-11H2,1-2H3,(H,20,21,22)/t15?,19-/m1/s1. The third kappa shape index (κ3) is 4.01. The Morgan fingerprint density at radius 3 is 2.59 bits per heavy atom. The molecule has 2 aliphatic rings. The van der Waals surface area contributed by atoms with Crippen molar-refractivity contribution in [3.63, 3.8) is 0 Å². The molecule has 29 heavy (non-hydrogen) atoms. The maximum Gasteiger partial charge on any atom is 0.252 e. The fourth-order valence-corrected chi connectivity index (χ4v) is 5.34. The molecule has 0 spiro atoms. The molecule has 2 atom stereocenters. The van der Waals surface area contributed by atoms with Crippen LogP contribution >= 0.6 is 0 Å². The van der Waals surface area contributed by atoms with Gasteiger partial charge in [0.15, 0.2) is 0 Å². The van der Waals surface area contributed by atoms with E-state index in [0.717, 1.165) is 18.2 Å². The lowest BCUT2D eigenvalue weighted by Gasteiger charge is -2.31. The molecule has 2 aromatic heterocycles. The average Bonchev–Trinajstić information content (AvgIpc) is 3.00. The summed E-state index contributed by atoms with van der Waals surface area (Å²) in [6.07, 6.45) is 6.45. The summed E-state index contributed by atoms with van der Waals surface area (Å²) in [6, 6.07) is 2.93. The van der Waals surface area contributed by atoms with E-state index < -0.39 is 15.6 Å². The van der Waals surface area contributed by atoms with Gasteiger partial charge in [-0.25, -0.2) is 17.7 Å². The normalized spacial score (nSPS) is 26.8. The molecular formula is C19H27N5O4S. The first kappa shape index (κ1) is 20.2. The molecule has 3 heterocycles. The Bertz CT molecular complexity index is 1070. The lowest BCUT2D eigenvalue weighted by Crippen LogP contribution is -2.42. The molecule has 1 aliphatic heterocycles. The summed E-state index contributed by atoms with van der Waals surface area (Å²) in [5.41, 5.74) is -0.624. The van der Waals surface area contributed by atoms with E-state index in [1.807, 2.05) is 0 Å². The van der Waals surface area contributed by atoms with Gasteiger partial charge < -0.3 is 10.4 Å². The number of nitrogens with zero attached hydrogens (tertiary/aromatic N) is 4. The lowest BCUT2D eigenvalue weighted by molar-refractivity contribution is 0.0267. The van der Waals surface area contributed by atoms with Gasteiger partial charge in [0, 0.05) is 36.8 Å². The Kier molecular flexibility index (Phi) is 5.12. The van der Waals surface area contributed by atoms with E-state index in [2.05, 4.69) is 15.3 Å². The number of nitrogens with one attached hydrogen (secondary N) is 1. The highest BCUT2D eigenvalue weighted by molar-refractivity contribution is 7.88. The maximum absolute atomic E-state index is 12.6. The summed E-state index contributed by atoms with van der Waals surface area (Å²) in [7, 11) is -3.17. The zero-order chi connectivity index (χ0) is 20.8. The second kappa shape index (κ2) is 7.33. The molecule has 10 heteroatoms. The van der Waals surface area contributed by atoms with Crippen LogP contribution < -0.4 is 10.9 Å². The summed E-state index contributed by atoms with van der Waals surface area (Å²) >= 11 is 0. The molecule has 1 saturated carbocycles. The van der Waals surface area contributed by atoms with Crippen molar-refractivity contribution in [2.45, 2.75) is 56.7 Å². The van der Waals surface area contributed by atoms with E-state index in [-0.39, 0.29) is 17.6 Å². The number of piperidine rings is 1. The van der Waals surface area contributed by atoms with Gasteiger partial charge in [-0.2, -0.15) is 4.98 Å². The Morgan fingerprint density at radius 1 is 1.24 bits per heavy atom. The van der Waals surface area contributed by atoms with Crippen molar-refractivity contribution >= 4 is 27.0 Å². The fraction of sp³-hybridized carbons (Fsp3) is 0.632. The van der Waals surface area contributed by atoms with Gasteiger partial charge in [0.2, 0.25) is 16.0 Å². The van der Waals surface area contributed by atoms with Gasteiger partial charge in [-0.05, 0) is 45.1 Å². The summed E-state index contributed by atoms with van der Waals surface area (Å²) in [5, 5.41) is 14.8. The molecule has 1 unspecified atom stereocenters. The Hall–Kier alpha value is -2.04. The van der Waals surface area contributed by atoms with E-state index in [1.54, 1.807) is 23.8 Å². The molecule has 9 nitrogen and oxygen atoms in total. The molecule has 2 aromatic rings. The minimum Gasteiger partial charge on any atom is -0.388 e. The smallest absolute Gasteiger partial charge is 0.252 e. The summed E-state index contributed by atoms with van der Waals surface area (Å²) in [5.74, 6) is 0.410. The van der Waals surface area contributed by atoms with Crippen LogP contribution in [0.1, 0.15) is 45.1 Å². The van der Waals surface area contributed by atoms with Gasteiger partial charge in [-0.15, -0.1) is 0 Å². The van der Waals surface area contributed by atoms with Crippen LogP contribution in [0.3, 0.4) is 0 Å². The highest BCUT2D eigenvalue weighted by Crippen LogP contribution is 2.39. The van der Waals surface area contributed by atoms with Crippen molar-refractivity contribution in [2.75, 3.05) is 24.7 Å². The van der Waals surface area contributed by atoms with E-state index in [1.165, 1.54) is 16.6 Å². The highest BCUT2D eigenvalue weighted by Gasteiger charge is 2.39. The molecule has 2 fully saturated rings. The van der Waals surface area contributed by atoms with Crippen LogP contribution in [0.15, 0.2) is 23.1 Å². The number of aromatic nitrogens is 3. The van der Waals surface area contributed by atoms with Crippen molar-refractivity contribution in [1.82, 2.24) is 18.8 Å². The molecule has 1 saturated heterocycles. The van der Waals surface area contributed by atoms with Gasteiger partial charge in [-0.3, -0.25) is 9.36 Å². The number of sulfonamides is 1. The summed E-state index contributed by atoms with van der Waals surface area (Å²) < 4.78 is 26.4. The molecule has 0 radical (unpaired) electrons. The molecule has 2 N–H and O–H groups in total. The monoisotopic (exact) mass is 421 g/mol. The first-order valence-corrected chi connectivity index (χ1v) is 11.8. The van der Waals surface area contributed by atoms with E-state index >= 15 is 0 Å². The summed E-state index contributed by atoms with van der Waals surface area (Å²) in [4.78, 5) is 21.6. The molecule has 1 aliphatic carbocycles. The Morgan fingerprint density at radius 2 is 1.97 bits per heavy atom. The van der Waals surface area contributed by atoms with Crippen LogP contribution in [-0.4, -0.2) is 63.4 Å². The topological polar surface area (TPSA) is 117 Å². The van der Waals surface area contributed by atoms with Crippen LogP contribution in [0.25, 0.3) is 11.0 Å². The second-order valence-electron chi connectivity index (χ2n) is 8.36. The van der Waals surface area contributed by atoms with E-state index in [4.69, 9.17) is 0 Å². The van der Waals surface area contributed by atoms with Crippen LogP contribution in [-0.2, 0) is 10.0 Å². The van der Waals surface area contributed by atoms with E-state index in [9.17, 15) is 18.3 Å². The van der Waals surface area contributed by atoms with Gasteiger partial charge in [0.05, 0.1) is 17.9 Å². The fourth-order valence-electron chi connectivity index (χ4n) is 4.46. The second-order valence-corrected chi connectivity index (χ2v) is 10.3. The number of anilines is 1. The van der Waals surface area contributed by atoms with Crippen LogP contribution in [0.4, 0.5) is 5.95 Å². The number of fused-ring (bicyclic) bond motifs is 1. The quantitative estimate of drug-likeness (QED) is 0.759. The van der Waals surface area contributed by atoms with Crippen molar-refractivity contribution in [3.05, 3.63) is 28.7 Å². The van der Waals surface area contributed by atoms with Gasteiger partial charge in [0.1, 0.15) is 5.65 Å². The zero-order valence-electron chi connectivity index (χ0n) is 16.7. The van der Waals surface area contributed by atoms with Gasteiger partial charge >= 0.3 is 0 Å².